The Labute approximate surface area is 358 Å². The summed E-state index contributed by atoms with van der Waals surface area (Å²) in [5.41, 5.74) is 8.73. The monoisotopic (exact) mass is 835 g/mol. The first-order chi connectivity index (χ1) is 29.3. The summed E-state index contributed by atoms with van der Waals surface area (Å²) < 4.78 is 9.61. The Kier molecular flexibility index (Phi) is 12.9. The van der Waals surface area contributed by atoms with Gasteiger partial charge in [-0.2, -0.15) is 0 Å². The van der Waals surface area contributed by atoms with Gasteiger partial charge in [0.1, 0.15) is 23.7 Å². The molecule has 0 radical (unpaired) electrons. The maximum Gasteiger partial charge on any atom is 0.407 e. The van der Waals surface area contributed by atoms with Crippen molar-refractivity contribution >= 4 is 24.0 Å². The van der Waals surface area contributed by atoms with Gasteiger partial charge in [0.05, 0.1) is 50.1 Å². The van der Waals surface area contributed by atoms with E-state index in [0.717, 1.165) is 71.8 Å². The maximum absolute atomic E-state index is 13.8. The number of nitrogens with zero attached hydrogens (tertiary/aromatic N) is 5. The highest BCUT2D eigenvalue weighted by Crippen LogP contribution is 2.50. The largest absolute Gasteiger partial charge is 0.453 e. The summed E-state index contributed by atoms with van der Waals surface area (Å²) in [6.45, 7) is 13.3. The first-order valence-electron chi connectivity index (χ1n) is 21.7. The Balaban J connectivity index is 1.14. The Hall–Kier alpha value is -5.70. The molecule has 15 heteroatoms. The van der Waals surface area contributed by atoms with Crippen LogP contribution in [-0.4, -0.2) is 105 Å². The number of fused-ring (bicyclic) bond motifs is 1. The summed E-state index contributed by atoms with van der Waals surface area (Å²) in [6.07, 6.45) is 6.66. The Morgan fingerprint density at radius 3 is 1.69 bits per heavy atom. The lowest BCUT2D eigenvalue weighted by atomic mass is 9.87. The quantitative estimate of drug-likeness (QED) is 0.111. The molecule has 2 aromatic carbocycles. The molecule has 7 rings (SSSR count). The summed E-state index contributed by atoms with van der Waals surface area (Å²) in [5, 5.41) is 5.45. The number of alkyl carbamates (subject to hydrolysis) is 2. The molecule has 0 bridgehead atoms. The van der Waals surface area contributed by atoms with E-state index in [9.17, 15) is 19.2 Å². The molecule has 6 atom stereocenters. The fourth-order valence-electron chi connectivity index (χ4n) is 9.61. The molecule has 2 aromatic heterocycles. The average molecular weight is 836 g/mol. The van der Waals surface area contributed by atoms with E-state index in [2.05, 4.69) is 82.8 Å². The number of imidazole rings is 2. The minimum absolute atomic E-state index is 0.111. The molecular weight excluding hydrogens is 775 g/mol. The van der Waals surface area contributed by atoms with Crippen molar-refractivity contribution in [3.63, 3.8) is 0 Å². The fourth-order valence-corrected chi connectivity index (χ4v) is 9.61. The Bertz CT molecular complexity index is 2230. The standard InChI is InChI=1S/C46H61N9O6/c1-10-34-38-30(28-15-17-29(18-16-28)32-23-47-41(49-32)35-13-11-21-54(35)43(56)39(25(2)3)51-45(58)60-8)19-20-31(37(38)27(6)53(34)7)33-24-48-42(50-33)36-14-12-22-55(36)44(57)40(26(4)5)52-46(59)61-9/h15-20,23-27,34-36,39-40H,10-14,21-22H2,1-9H3,(H,47,49)(H,48,50)(H,51,58)(H,52,59)/t27?,34?,35-,36-,39-,40+/m0/s1. The number of likely N-dealkylation sites (tertiary alicyclic amines) is 2. The van der Waals surface area contributed by atoms with Crippen LogP contribution in [0.5, 0.6) is 0 Å². The van der Waals surface area contributed by atoms with E-state index in [4.69, 9.17) is 19.4 Å². The molecule has 61 heavy (non-hydrogen) atoms. The van der Waals surface area contributed by atoms with Crippen molar-refractivity contribution in [2.24, 2.45) is 11.8 Å². The molecule has 15 nitrogen and oxygen atoms in total. The second-order valence-electron chi connectivity index (χ2n) is 17.3. The molecule has 5 heterocycles. The van der Waals surface area contributed by atoms with E-state index in [0.29, 0.717) is 13.1 Å². The molecular formula is C46H61N9O6. The van der Waals surface area contributed by atoms with Crippen LogP contribution in [0.1, 0.15) is 121 Å². The molecule has 4 N–H and O–H groups in total. The molecule has 326 valence electrons. The number of hydrogen-bond acceptors (Lipinski definition) is 9. The van der Waals surface area contributed by atoms with Gasteiger partial charge in [0.25, 0.3) is 0 Å². The zero-order valence-corrected chi connectivity index (χ0v) is 36.9. The number of hydrogen-bond donors (Lipinski definition) is 4. The number of benzene rings is 2. The topological polar surface area (TPSA) is 178 Å². The van der Waals surface area contributed by atoms with Crippen molar-refractivity contribution in [2.75, 3.05) is 34.4 Å². The third-order valence-electron chi connectivity index (χ3n) is 13.0. The fraction of sp³-hybridized carbons (Fsp3) is 0.522. The predicted molar refractivity (Wildman–Crippen MR) is 232 cm³/mol. The number of aromatic nitrogens is 4. The predicted octanol–water partition coefficient (Wildman–Crippen LogP) is 7.68. The van der Waals surface area contributed by atoms with Crippen LogP contribution >= 0.6 is 0 Å². The molecule has 2 fully saturated rings. The zero-order valence-electron chi connectivity index (χ0n) is 36.9. The summed E-state index contributed by atoms with van der Waals surface area (Å²) in [7, 11) is 4.79. The van der Waals surface area contributed by atoms with E-state index < -0.39 is 24.3 Å². The summed E-state index contributed by atoms with van der Waals surface area (Å²) in [4.78, 5) is 74.5. The van der Waals surface area contributed by atoms with Gasteiger partial charge in [-0.3, -0.25) is 14.5 Å². The summed E-state index contributed by atoms with van der Waals surface area (Å²) in [6, 6.07) is 11.5. The van der Waals surface area contributed by atoms with Crippen molar-refractivity contribution in [3.05, 3.63) is 71.6 Å². The van der Waals surface area contributed by atoms with E-state index in [1.807, 2.05) is 49.9 Å². The van der Waals surface area contributed by atoms with E-state index >= 15 is 0 Å². The smallest absolute Gasteiger partial charge is 0.407 e. The number of amides is 4. The third-order valence-corrected chi connectivity index (χ3v) is 13.0. The molecule has 2 unspecified atom stereocenters. The first-order valence-corrected chi connectivity index (χ1v) is 21.7. The molecule has 0 spiro atoms. The van der Waals surface area contributed by atoms with Gasteiger partial charge in [0.2, 0.25) is 11.8 Å². The number of methoxy groups -OCH3 is 2. The molecule has 4 amide bonds. The van der Waals surface area contributed by atoms with Crippen LogP contribution in [-0.2, 0) is 19.1 Å². The van der Waals surface area contributed by atoms with Gasteiger partial charge in [-0.1, -0.05) is 71.0 Å². The SMILES string of the molecule is CCC1c2c(-c3ccc(-c4cnc([C@@H]5CCCN5C(=O)[C@@H](NC(=O)OC)C(C)C)[nH]4)cc3)ccc(-c3cnc([C@@H]4CCCN4C(=O)[C@H](NC(=O)OC)C(C)C)[nH]3)c2C(C)N1C. The second kappa shape index (κ2) is 18.1. The van der Waals surface area contributed by atoms with Crippen molar-refractivity contribution in [1.29, 1.82) is 0 Å². The Morgan fingerprint density at radius 1 is 0.721 bits per heavy atom. The van der Waals surface area contributed by atoms with Gasteiger partial charge in [0.15, 0.2) is 0 Å². The summed E-state index contributed by atoms with van der Waals surface area (Å²) in [5.74, 6) is 0.970. The second-order valence-corrected chi connectivity index (χ2v) is 17.3. The van der Waals surface area contributed by atoms with Gasteiger partial charge in [0, 0.05) is 30.7 Å². The minimum Gasteiger partial charge on any atom is -0.453 e. The minimum atomic E-state index is -0.700. The Morgan fingerprint density at radius 2 is 1.20 bits per heavy atom. The highest BCUT2D eigenvalue weighted by molar-refractivity contribution is 5.87. The number of nitrogens with one attached hydrogen (secondary N) is 4. The number of carbonyl (C=O) groups is 4. The maximum atomic E-state index is 13.8. The van der Waals surface area contributed by atoms with Gasteiger partial charge in [-0.05, 0) is 85.7 Å². The number of H-pyrrole nitrogens is 2. The van der Waals surface area contributed by atoms with Crippen LogP contribution in [0.3, 0.4) is 0 Å². The summed E-state index contributed by atoms with van der Waals surface area (Å²) >= 11 is 0. The van der Waals surface area contributed by atoms with E-state index in [1.54, 1.807) is 0 Å². The molecule has 3 aliphatic rings. The van der Waals surface area contributed by atoms with Crippen LogP contribution in [0.2, 0.25) is 0 Å². The first kappa shape index (κ1) is 43.4. The van der Waals surface area contributed by atoms with Gasteiger partial charge >= 0.3 is 12.2 Å². The molecule has 4 aromatic rings. The van der Waals surface area contributed by atoms with Crippen LogP contribution in [0.4, 0.5) is 9.59 Å². The average Bonchev–Trinajstić information content (AvgIpc) is 4.12. The highest BCUT2D eigenvalue weighted by Gasteiger charge is 2.40. The third kappa shape index (κ3) is 8.36. The van der Waals surface area contributed by atoms with E-state index in [-0.39, 0.29) is 47.8 Å². The normalized spacial score (nSPS) is 21.2. The lowest BCUT2D eigenvalue weighted by Gasteiger charge is -2.30. The highest BCUT2D eigenvalue weighted by atomic mass is 16.5. The van der Waals surface area contributed by atoms with Crippen molar-refractivity contribution < 1.29 is 28.7 Å². The van der Waals surface area contributed by atoms with Crippen molar-refractivity contribution in [3.8, 4) is 33.6 Å². The van der Waals surface area contributed by atoms with Gasteiger partial charge < -0.3 is 39.9 Å². The van der Waals surface area contributed by atoms with Crippen LogP contribution in [0, 0.1) is 11.8 Å². The molecule has 0 saturated carbocycles. The van der Waals surface area contributed by atoms with E-state index in [1.165, 1.54) is 30.9 Å². The molecule has 2 saturated heterocycles. The van der Waals surface area contributed by atoms with Crippen molar-refractivity contribution in [2.45, 2.75) is 110 Å². The van der Waals surface area contributed by atoms with Crippen LogP contribution < -0.4 is 10.6 Å². The van der Waals surface area contributed by atoms with Gasteiger partial charge in [-0.15, -0.1) is 0 Å². The number of carbonyl (C=O) groups excluding carboxylic acids is 4. The number of rotatable bonds is 12. The molecule has 0 aliphatic carbocycles. The zero-order chi connectivity index (χ0) is 43.7. The molecule has 3 aliphatic heterocycles. The van der Waals surface area contributed by atoms with Crippen molar-refractivity contribution in [1.82, 2.24) is 45.3 Å². The lowest BCUT2D eigenvalue weighted by Crippen LogP contribution is -2.51. The van der Waals surface area contributed by atoms with Crippen LogP contribution in [0.25, 0.3) is 33.6 Å². The number of aromatic amines is 2. The van der Waals surface area contributed by atoms with Crippen LogP contribution in [0.15, 0.2) is 48.8 Å². The number of ether oxygens (including phenoxy) is 2. The van der Waals surface area contributed by atoms with Gasteiger partial charge in [-0.25, -0.2) is 19.6 Å². The lowest BCUT2D eigenvalue weighted by molar-refractivity contribution is -0.136.